The summed E-state index contributed by atoms with van der Waals surface area (Å²) in [4.78, 5) is 17.9. The van der Waals surface area contributed by atoms with Gasteiger partial charge in [-0.3, -0.25) is 4.79 Å². The van der Waals surface area contributed by atoms with Crippen LogP contribution in [-0.4, -0.2) is 50.0 Å². The van der Waals surface area contributed by atoms with Gasteiger partial charge in [0.05, 0.1) is 35.9 Å². The average Bonchev–Trinajstić information content (AvgIpc) is 3.23. The molecule has 0 saturated carbocycles. The molecule has 190 valence electrons. The van der Waals surface area contributed by atoms with Gasteiger partial charge in [0.15, 0.2) is 16.3 Å². The van der Waals surface area contributed by atoms with E-state index in [4.69, 9.17) is 15.9 Å². The van der Waals surface area contributed by atoms with Gasteiger partial charge >= 0.3 is 0 Å². The number of amides is 1. The molecule has 4 rings (SSSR count). The van der Waals surface area contributed by atoms with Crippen LogP contribution in [0.15, 0.2) is 46.3 Å². The SMILES string of the molecule is C#CCn1c(=NC(=O)c2ccc(S(=O)(=O)N3CCCCC3CC)cc2)sc2cc(OC)c(OC)cc21. The van der Waals surface area contributed by atoms with Crippen LogP contribution in [0.4, 0.5) is 0 Å². The molecule has 36 heavy (non-hydrogen) atoms. The highest BCUT2D eigenvalue weighted by atomic mass is 32.2. The Morgan fingerprint density at radius 2 is 1.86 bits per heavy atom. The summed E-state index contributed by atoms with van der Waals surface area (Å²) >= 11 is 1.31. The van der Waals surface area contributed by atoms with Crippen molar-refractivity contribution in [1.82, 2.24) is 8.87 Å². The Labute approximate surface area is 215 Å². The van der Waals surface area contributed by atoms with E-state index in [1.165, 1.54) is 35.6 Å². The predicted octanol–water partition coefficient (Wildman–Crippen LogP) is 4.05. The van der Waals surface area contributed by atoms with E-state index in [1.807, 2.05) is 13.0 Å². The van der Waals surface area contributed by atoms with Crippen LogP contribution in [0, 0.1) is 12.3 Å². The number of fused-ring (bicyclic) bond motifs is 1. The van der Waals surface area contributed by atoms with Crippen LogP contribution in [0.5, 0.6) is 11.5 Å². The standard InChI is InChI=1S/C26H29N3O5S2/c1-5-14-28-21-16-22(33-3)23(34-4)17-24(21)35-26(28)27-25(30)18-10-12-20(13-11-18)36(31,32)29-15-8-7-9-19(29)6-2/h1,10-13,16-17,19H,6-9,14-15H2,2-4H3. The third-order valence-corrected chi connectivity index (χ3v) is 9.39. The molecule has 0 N–H and O–H groups in total. The maximum absolute atomic E-state index is 13.2. The predicted molar refractivity (Wildman–Crippen MR) is 140 cm³/mol. The zero-order chi connectivity index (χ0) is 25.9. The van der Waals surface area contributed by atoms with Crippen molar-refractivity contribution in [3.63, 3.8) is 0 Å². The number of piperidine rings is 1. The molecule has 1 aromatic heterocycles. The topological polar surface area (TPSA) is 90.2 Å². The first-order valence-corrected chi connectivity index (χ1v) is 14.0. The summed E-state index contributed by atoms with van der Waals surface area (Å²) in [6.07, 6.45) is 9.12. The van der Waals surface area contributed by atoms with Gasteiger partial charge in [0.25, 0.3) is 5.91 Å². The summed E-state index contributed by atoms with van der Waals surface area (Å²) < 4.78 is 41.4. The van der Waals surface area contributed by atoms with Gasteiger partial charge in [0.1, 0.15) is 0 Å². The molecule has 0 bridgehead atoms. The first-order chi connectivity index (χ1) is 17.3. The fourth-order valence-corrected chi connectivity index (χ4v) is 7.29. The normalized spacial score (nSPS) is 17.2. The summed E-state index contributed by atoms with van der Waals surface area (Å²) in [7, 11) is -0.522. The van der Waals surface area contributed by atoms with Crippen LogP contribution in [-0.2, 0) is 16.6 Å². The third-order valence-electron chi connectivity index (χ3n) is 6.39. The molecule has 3 aromatic rings. The molecule has 8 nitrogen and oxygen atoms in total. The summed E-state index contributed by atoms with van der Waals surface area (Å²) in [5, 5.41) is 0. The van der Waals surface area contributed by atoms with Crippen LogP contribution >= 0.6 is 11.3 Å². The van der Waals surface area contributed by atoms with Gasteiger partial charge in [0.2, 0.25) is 10.0 Å². The second-order valence-corrected chi connectivity index (χ2v) is 11.4. The van der Waals surface area contributed by atoms with Crippen LogP contribution in [0.25, 0.3) is 10.2 Å². The van der Waals surface area contributed by atoms with Crippen LogP contribution in [0.3, 0.4) is 0 Å². The molecule has 1 aliphatic rings. The molecule has 0 spiro atoms. The number of nitrogens with zero attached hydrogens (tertiary/aromatic N) is 3. The minimum absolute atomic E-state index is 0.0110. The van der Waals surface area contributed by atoms with Crippen molar-refractivity contribution in [2.45, 2.75) is 50.1 Å². The first-order valence-electron chi connectivity index (χ1n) is 11.7. The summed E-state index contributed by atoms with van der Waals surface area (Å²) in [5.74, 6) is 3.22. The van der Waals surface area contributed by atoms with E-state index >= 15 is 0 Å². The maximum Gasteiger partial charge on any atom is 0.279 e. The van der Waals surface area contributed by atoms with Gasteiger partial charge in [-0.1, -0.05) is 30.6 Å². The van der Waals surface area contributed by atoms with Crippen LogP contribution in [0.2, 0.25) is 0 Å². The van der Waals surface area contributed by atoms with Crippen molar-refractivity contribution < 1.29 is 22.7 Å². The number of hydrogen-bond donors (Lipinski definition) is 0. The molecule has 0 radical (unpaired) electrons. The highest BCUT2D eigenvalue weighted by Crippen LogP contribution is 2.33. The molecule has 2 heterocycles. The van der Waals surface area contributed by atoms with E-state index in [9.17, 15) is 13.2 Å². The molecule has 0 aliphatic carbocycles. The number of benzene rings is 2. The number of thiazole rings is 1. The van der Waals surface area contributed by atoms with E-state index in [0.29, 0.717) is 28.4 Å². The molecule has 10 heteroatoms. The summed E-state index contributed by atoms with van der Waals surface area (Å²) in [6, 6.07) is 9.61. The number of aromatic nitrogens is 1. The monoisotopic (exact) mass is 527 g/mol. The Morgan fingerprint density at radius 3 is 2.50 bits per heavy atom. The number of sulfonamides is 1. The Hall–Kier alpha value is -3.13. The van der Waals surface area contributed by atoms with Gasteiger partial charge < -0.3 is 14.0 Å². The molecule has 1 aliphatic heterocycles. The molecule has 1 atom stereocenters. The molecule has 2 aromatic carbocycles. The van der Waals surface area contributed by atoms with E-state index in [0.717, 1.165) is 35.9 Å². The smallest absolute Gasteiger partial charge is 0.279 e. The zero-order valence-electron chi connectivity index (χ0n) is 20.6. The Balaban J connectivity index is 1.68. The molecule has 1 saturated heterocycles. The fourth-order valence-electron chi connectivity index (χ4n) is 4.48. The summed E-state index contributed by atoms with van der Waals surface area (Å²) in [5.41, 5.74) is 1.06. The minimum atomic E-state index is -3.63. The first kappa shape index (κ1) is 25.9. The molecule has 1 unspecified atom stereocenters. The Morgan fingerprint density at radius 1 is 1.17 bits per heavy atom. The number of hydrogen-bond acceptors (Lipinski definition) is 6. The zero-order valence-corrected chi connectivity index (χ0v) is 22.2. The van der Waals surface area contributed by atoms with E-state index in [2.05, 4.69) is 10.9 Å². The van der Waals surface area contributed by atoms with Crippen molar-refractivity contribution in [2.75, 3.05) is 20.8 Å². The van der Waals surface area contributed by atoms with Crippen molar-refractivity contribution in [3.8, 4) is 23.8 Å². The number of ether oxygens (including phenoxy) is 2. The number of carbonyl (C=O) groups excluding carboxylic acids is 1. The van der Waals surface area contributed by atoms with Gasteiger partial charge in [-0.25, -0.2) is 8.42 Å². The van der Waals surface area contributed by atoms with Crippen LogP contribution in [0.1, 0.15) is 43.0 Å². The van der Waals surface area contributed by atoms with Crippen molar-refractivity contribution in [2.24, 2.45) is 4.99 Å². The number of methoxy groups -OCH3 is 2. The third kappa shape index (κ3) is 4.91. The van der Waals surface area contributed by atoms with E-state index < -0.39 is 15.9 Å². The second-order valence-electron chi connectivity index (χ2n) is 8.46. The van der Waals surface area contributed by atoms with Gasteiger partial charge in [-0.2, -0.15) is 9.30 Å². The largest absolute Gasteiger partial charge is 0.493 e. The van der Waals surface area contributed by atoms with Crippen LogP contribution < -0.4 is 14.3 Å². The van der Waals surface area contributed by atoms with E-state index in [1.54, 1.807) is 29.2 Å². The lowest BCUT2D eigenvalue weighted by atomic mass is 10.0. The highest BCUT2D eigenvalue weighted by molar-refractivity contribution is 7.89. The van der Waals surface area contributed by atoms with Crippen molar-refractivity contribution in [3.05, 3.63) is 46.8 Å². The maximum atomic E-state index is 13.2. The number of rotatable bonds is 7. The van der Waals surface area contributed by atoms with Crippen molar-refractivity contribution >= 4 is 37.5 Å². The summed E-state index contributed by atoms with van der Waals surface area (Å²) in [6.45, 7) is 2.75. The molecule has 1 amide bonds. The number of carbonyl (C=O) groups is 1. The number of terminal acetylenes is 1. The average molecular weight is 528 g/mol. The minimum Gasteiger partial charge on any atom is -0.493 e. The molecular formula is C26H29N3O5S2. The van der Waals surface area contributed by atoms with Crippen molar-refractivity contribution in [1.29, 1.82) is 0 Å². The lowest BCUT2D eigenvalue weighted by Crippen LogP contribution is -2.43. The van der Waals surface area contributed by atoms with Gasteiger partial charge in [-0.15, -0.1) is 6.42 Å². The molecule has 1 fully saturated rings. The fraction of sp³-hybridized carbons (Fsp3) is 0.385. The highest BCUT2D eigenvalue weighted by Gasteiger charge is 2.32. The second kappa shape index (κ2) is 10.9. The van der Waals surface area contributed by atoms with Gasteiger partial charge in [0, 0.05) is 30.3 Å². The Kier molecular flexibility index (Phi) is 7.83. The lowest BCUT2D eigenvalue weighted by molar-refractivity contribution is 0.0997. The Bertz CT molecular complexity index is 1480. The van der Waals surface area contributed by atoms with Gasteiger partial charge in [-0.05, 0) is 43.5 Å². The van der Waals surface area contributed by atoms with E-state index in [-0.39, 0.29) is 17.5 Å². The lowest BCUT2D eigenvalue weighted by Gasteiger charge is -2.34. The molecular weight excluding hydrogens is 498 g/mol. The quantitative estimate of drug-likeness (QED) is 0.433.